The van der Waals surface area contributed by atoms with Gasteiger partial charge in [0.15, 0.2) is 0 Å². The van der Waals surface area contributed by atoms with E-state index in [-0.39, 0.29) is 0 Å². The van der Waals surface area contributed by atoms with Gasteiger partial charge in [-0.05, 0) is 52.6 Å². The van der Waals surface area contributed by atoms with Gasteiger partial charge in [0.25, 0.3) is 0 Å². The topological polar surface area (TPSA) is 4.93 Å². The zero-order chi connectivity index (χ0) is 18.7. The third kappa shape index (κ3) is 2.20. The van der Waals surface area contributed by atoms with Crippen LogP contribution < -0.4 is 0 Å². The predicted octanol–water partition coefficient (Wildman–Crippen LogP) is 7.74. The Bertz CT molecular complexity index is 1510. The Balaban J connectivity index is 1.89. The minimum atomic E-state index is 0.752. The number of hydrogen-bond donors (Lipinski definition) is 0. The third-order valence-corrected chi connectivity index (χ3v) is 5.82. The van der Waals surface area contributed by atoms with Gasteiger partial charge in [0.1, 0.15) is 0 Å². The van der Waals surface area contributed by atoms with E-state index in [9.17, 15) is 0 Å². The van der Waals surface area contributed by atoms with Gasteiger partial charge in [-0.3, -0.25) is 0 Å². The summed E-state index contributed by atoms with van der Waals surface area (Å²) >= 11 is 6.39. The van der Waals surface area contributed by atoms with Crippen LogP contribution in [0.2, 0.25) is 5.02 Å². The first-order chi connectivity index (χ1) is 13.8. The molecular weight excluding hydrogens is 362 g/mol. The lowest BCUT2D eigenvalue weighted by atomic mass is 10.0. The Morgan fingerprint density at radius 3 is 2.07 bits per heavy atom. The molecule has 0 spiro atoms. The molecule has 0 fully saturated rings. The highest BCUT2D eigenvalue weighted by Gasteiger charge is 2.15. The lowest BCUT2D eigenvalue weighted by molar-refractivity contribution is 1.19. The van der Waals surface area contributed by atoms with Crippen molar-refractivity contribution < 1.29 is 0 Å². The summed E-state index contributed by atoms with van der Waals surface area (Å²) in [4.78, 5) is 0. The maximum Gasteiger partial charge on any atom is 0.0619 e. The molecule has 5 aromatic carbocycles. The maximum absolute atomic E-state index is 6.39. The number of fused-ring (bicyclic) bond motifs is 6. The average Bonchev–Trinajstić information content (AvgIpc) is 3.06. The number of nitrogens with zero attached hydrogens (tertiary/aromatic N) is 1. The van der Waals surface area contributed by atoms with Crippen molar-refractivity contribution in [2.75, 3.05) is 0 Å². The summed E-state index contributed by atoms with van der Waals surface area (Å²) in [6.07, 6.45) is 0. The van der Waals surface area contributed by atoms with Crippen LogP contribution in [0.25, 0.3) is 49.0 Å². The fraction of sp³-hybridized carbons (Fsp3) is 0. The van der Waals surface area contributed by atoms with Crippen molar-refractivity contribution in [2.45, 2.75) is 0 Å². The molecule has 0 aliphatic heterocycles. The lowest BCUT2D eigenvalue weighted by Crippen LogP contribution is -1.94. The average molecular weight is 378 g/mol. The molecule has 0 N–H and O–H groups in total. The van der Waals surface area contributed by atoms with Gasteiger partial charge in [-0.25, -0.2) is 0 Å². The van der Waals surface area contributed by atoms with E-state index in [1.165, 1.54) is 37.8 Å². The van der Waals surface area contributed by atoms with E-state index < -0.39 is 0 Å². The first-order valence-corrected chi connectivity index (χ1v) is 9.78. The van der Waals surface area contributed by atoms with Crippen molar-refractivity contribution in [3.63, 3.8) is 0 Å². The molecule has 1 heterocycles. The van der Waals surface area contributed by atoms with Crippen LogP contribution in [0.15, 0.2) is 97.1 Å². The third-order valence-electron chi connectivity index (χ3n) is 5.59. The molecule has 2 heteroatoms. The van der Waals surface area contributed by atoms with E-state index in [0.29, 0.717) is 0 Å². The normalized spacial score (nSPS) is 11.8. The predicted molar refractivity (Wildman–Crippen MR) is 121 cm³/mol. The van der Waals surface area contributed by atoms with Crippen LogP contribution in [0.1, 0.15) is 0 Å². The zero-order valence-electron chi connectivity index (χ0n) is 15.1. The molecule has 0 atom stereocenters. The largest absolute Gasteiger partial charge is 0.309 e. The standard InChI is InChI=1S/C26H16ClN/c27-20-11-13-22-23-12-10-19-14-17-6-4-5-7-18(17)15-24(19)26(23)28(25(22)16-20)21-8-2-1-3-9-21/h1-16H. The zero-order valence-corrected chi connectivity index (χ0v) is 15.8. The fourth-order valence-electron chi connectivity index (χ4n) is 4.34. The highest BCUT2D eigenvalue weighted by Crippen LogP contribution is 2.38. The van der Waals surface area contributed by atoms with Crippen LogP contribution in [-0.2, 0) is 0 Å². The highest BCUT2D eigenvalue weighted by molar-refractivity contribution is 6.32. The first kappa shape index (κ1) is 15.7. The van der Waals surface area contributed by atoms with Crippen LogP contribution >= 0.6 is 11.6 Å². The second kappa shape index (κ2) is 5.85. The Morgan fingerprint density at radius 1 is 0.536 bits per heavy atom. The number of rotatable bonds is 1. The summed E-state index contributed by atoms with van der Waals surface area (Å²) in [7, 11) is 0. The molecular formula is C26H16ClN. The molecule has 0 amide bonds. The van der Waals surface area contributed by atoms with Crippen molar-refractivity contribution in [3.05, 3.63) is 102 Å². The SMILES string of the molecule is Clc1ccc2c3ccc4cc5ccccc5cc4c3n(-c3ccccc3)c2c1. The van der Waals surface area contributed by atoms with Crippen molar-refractivity contribution in [3.8, 4) is 5.69 Å². The summed E-state index contributed by atoms with van der Waals surface area (Å²) < 4.78 is 2.34. The van der Waals surface area contributed by atoms with Gasteiger partial charge < -0.3 is 4.57 Å². The van der Waals surface area contributed by atoms with Crippen molar-refractivity contribution >= 4 is 55.0 Å². The van der Waals surface area contributed by atoms with Gasteiger partial charge in [0.05, 0.1) is 11.0 Å². The molecule has 6 aromatic rings. The van der Waals surface area contributed by atoms with Crippen molar-refractivity contribution in [2.24, 2.45) is 0 Å². The smallest absolute Gasteiger partial charge is 0.0619 e. The number of para-hydroxylation sites is 1. The highest BCUT2D eigenvalue weighted by atomic mass is 35.5. The second-order valence-corrected chi connectivity index (χ2v) is 7.65. The van der Waals surface area contributed by atoms with Gasteiger partial charge in [0, 0.05) is 26.9 Å². The Morgan fingerprint density at radius 2 is 1.25 bits per heavy atom. The molecule has 1 aromatic heterocycles. The van der Waals surface area contributed by atoms with Gasteiger partial charge in [-0.15, -0.1) is 0 Å². The molecule has 28 heavy (non-hydrogen) atoms. The number of aromatic nitrogens is 1. The number of halogens is 1. The van der Waals surface area contributed by atoms with Crippen LogP contribution in [0.3, 0.4) is 0 Å². The van der Waals surface area contributed by atoms with E-state index in [2.05, 4.69) is 95.6 Å². The Hall–Kier alpha value is -3.29. The van der Waals surface area contributed by atoms with Gasteiger partial charge in [0.2, 0.25) is 0 Å². The van der Waals surface area contributed by atoms with Gasteiger partial charge in [-0.1, -0.05) is 72.3 Å². The van der Waals surface area contributed by atoms with Gasteiger partial charge >= 0.3 is 0 Å². The quantitative estimate of drug-likeness (QED) is 0.258. The molecule has 0 radical (unpaired) electrons. The number of benzene rings is 5. The van der Waals surface area contributed by atoms with Crippen LogP contribution in [0.4, 0.5) is 0 Å². The van der Waals surface area contributed by atoms with Crippen molar-refractivity contribution in [1.82, 2.24) is 4.57 Å². The first-order valence-electron chi connectivity index (χ1n) is 9.40. The summed E-state index contributed by atoms with van der Waals surface area (Å²) in [6, 6.07) is 34.3. The molecule has 0 aliphatic rings. The lowest BCUT2D eigenvalue weighted by Gasteiger charge is -2.10. The Labute approximate surface area is 167 Å². The van der Waals surface area contributed by atoms with E-state index in [0.717, 1.165) is 16.2 Å². The minimum absolute atomic E-state index is 0.752. The van der Waals surface area contributed by atoms with Crippen LogP contribution in [0, 0.1) is 0 Å². The molecule has 0 aliphatic carbocycles. The monoisotopic (exact) mass is 377 g/mol. The molecule has 132 valence electrons. The van der Waals surface area contributed by atoms with E-state index in [1.54, 1.807) is 0 Å². The Kier molecular flexibility index (Phi) is 3.29. The van der Waals surface area contributed by atoms with Gasteiger partial charge in [-0.2, -0.15) is 0 Å². The fourth-order valence-corrected chi connectivity index (χ4v) is 4.51. The van der Waals surface area contributed by atoms with Crippen LogP contribution in [0.5, 0.6) is 0 Å². The minimum Gasteiger partial charge on any atom is -0.309 e. The molecule has 0 bridgehead atoms. The molecule has 0 saturated carbocycles. The molecule has 0 saturated heterocycles. The maximum atomic E-state index is 6.39. The van der Waals surface area contributed by atoms with Crippen molar-refractivity contribution in [1.29, 1.82) is 0 Å². The molecule has 6 rings (SSSR count). The summed E-state index contributed by atoms with van der Waals surface area (Å²) in [5.41, 5.74) is 3.51. The summed E-state index contributed by atoms with van der Waals surface area (Å²) in [6.45, 7) is 0. The second-order valence-electron chi connectivity index (χ2n) is 7.21. The number of hydrogen-bond acceptors (Lipinski definition) is 0. The van der Waals surface area contributed by atoms with E-state index >= 15 is 0 Å². The van der Waals surface area contributed by atoms with E-state index in [4.69, 9.17) is 11.6 Å². The molecule has 0 unspecified atom stereocenters. The summed E-state index contributed by atoms with van der Waals surface area (Å²) in [5.74, 6) is 0. The van der Waals surface area contributed by atoms with E-state index in [1.807, 2.05) is 6.07 Å². The summed E-state index contributed by atoms with van der Waals surface area (Å²) in [5, 5.41) is 8.24. The molecule has 1 nitrogen and oxygen atoms in total. The van der Waals surface area contributed by atoms with Crippen LogP contribution in [-0.4, -0.2) is 4.57 Å².